The first kappa shape index (κ1) is 20.3. The highest BCUT2D eigenvalue weighted by atomic mass is 35.5. The number of carbonyl (C=O) groups excluding carboxylic acids is 3. The van der Waals surface area contributed by atoms with Crippen LogP contribution < -0.4 is 5.32 Å². The summed E-state index contributed by atoms with van der Waals surface area (Å²) in [7, 11) is 1.25. The Bertz CT molecular complexity index is 793. The van der Waals surface area contributed by atoms with Crippen molar-refractivity contribution in [1.29, 1.82) is 0 Å². The molecule has 1 amide bonds. The van der Waals surface area contributed by atoms with Gasteiger partial charge in [0.1, 0.15) is 0 Å². The second-order valence-corrected chi connectivity index (χ2v) is 7.73. The SMILES string of the molecule is COC(=O)c1ccccc1NC(=O)COC(=O)CSCc1ccc(Cl)s1. The van der Waals surface area contributed by atoms with Crippen molar-refractivity contribution in [2.24, 2.45) is 0 Å². The highest BCUT2D eigenvalue weighted by molar-refractivity contribution is 7.99. The van der Waals surface area contributed by atoms with Crippen LogP contribution in [0.25, 0.3) is 0 Å². The maximum atomic E-state index is 11.9. The number of esters is 2. The van der Waals surface area contributed by atoms with Gasteiger partial charge in [-0.3, -0.25) is 9.59 Å². The van der Waals surface area contributed by atoms with Gasteiger partial charge in [-0.05, 0) is 24.3 Å². The zero-order valence-electron chi connectivity index (χ0n) is 13.8. The molecule has 0 fully saturated rings. The first-order valence-corrected chi connectivity index (χ1v) is 9.79. The number of anilines is 1. The average molecular weight is 414 g/mol. The largest absolute Gasteiger partial charge is 0.465 e. The lowest BCUT2D eigenvalue weighted by Crippen LogP contribution is -2.22. The second-order valence-electron chi connectivity index (χ2n) is 4.94. The van der Waals surface area contributed by atoms with Crippen molar-refractivity contribution in [3.8, 4) is 0 Å². The van der Waals surface area contributed by atoms with Gasteiger partial charge < -0.3 is 14.8 Å². The van der Waals surface area contributed by atoms with Crippen LogP contribution in [0.15, 0.2) is 36.4 Å². The lowest BCUT2D eigenvalue weighted by atomic mass is 10.2. The molecule has 6 nitrogen and oxygen atoms in total. The van der Waals surface area contributed by atoms with Gasteiger partial charge in [0.15, 0.2) is 6.61 Å². The van der Waals surface area contributed by atoms with Crippen LogP contribution in [0.5, 0.6) is 0 Å². The van der Waals surface area contributed by atoms with Crippen LogP contribution in [0.1, 0.15) is 15.2 Å². The van der Waals surface area contributed by atoms with Crippen molar-refractivity contribution in [3.05, 3.63) is 51.2 Å². The third-order valence-electron chi connectivity index (χ3n) is 3.06. The van der Waals surface area contributed by atoms with E-state index in [4.69, 9.17) is 16.3 Å². The second kappa shape index (κ2) is 10.2. The molecule has 1 aromatic carbocycles. The molecule has 0 bridgehead atoms. The molecule has 0 saturated carbocycles. The summed E-state index contributed by atoms with van der Waals surface area (Å²) in [5.74, 6) is -0.825. The number of hydrogen-bond acceptors (Lipinski definition) is 7. The summed E-state index contributed by atoms with van der Waals surface area (Å²) in [6, 6.07) is 10.1. The van der Waals surface area contributed by atoms with Gasteiger partial charge in [-0.25, -0.2) is 4.79 Å². The van der Waals surface area contributed by atoms with Gasteiger partial charge in [0.2, 0.25) is 0 Å². The maximum Gasteiger partial charge on any atom is 0.339 e. The first-order valence-electron chi connectivity index (χ1n) is 7.44. The molecule has 0 atom stereocenters. The number of thiophene rings is 1. The lowest BCUT2D eigenvalue weighted by molar-refractivity contribution is -0.144. The predicted octanol–water partition coefficient (Wildman–Crippen LogP) is 3.60. The van der Waals surface area contributed by atoms with E-state index in [0.717, 1.165) is 4.88 Å². The van der Waals surface area contributed by atoms with Crippen molar-refractivity contribution >= 4 is 58.2 Å². The molecule has 1 N–H and O–H groups in total. The van der Waals surface area contributed by atoms with Gasteiger partial charge >= 0.3 is 11.9 Å². The summed E-state index contributed by atoms with van der Waals surface area (Å²) in [6.07, 6.45) is 0. The molecular formula is C17H16ClNO5S2. The minimum Gasteiger partial charge on any atom is -0.465 e. The molecule has 0 aliphatic rings. The number of para-hydroxylation sites is 1. The Balaban J connectivity index is 1.74. The van der Waals surface area contributed by atoms with Crippen LogP contribution in [0, 0.1) is 0 Å². The van der Waals surface area contributed by atoms with Crippen LogP contribution in [0.4, 0.5) is 5.69 Å². The van der Waals surface area contributed by atoms with Crippen LogP contribution in [0.3, 0.4) is 0 Å². The summed E-state index contributed by atoms with van der Waals surface area (Å²) < 4.78 is 10.3. The van der Waals surface area contributed by atoms with Gasteiger partial charge in [-0.1, -0.05) is 23.7 Å². The fourth-order valence-corrected chi connectivity index (χ4v) is 3.94. The number of halogens is 1. The van der Waals surface area contributed by atoms with E-state index in [1.807, 2.05) is 6.07 Å². The van der Waals surface area contributed by atoms with Gasteiger partial charge in [0.05, 0.1) is 28.4 Å². The smallest absolute Gasteiger partial charge is 0.339 e. The third-order valence-corrected chi connectivity index (χ3v) is 5.43. The number of methoxy groups -OCH3 is 1. The quantitative estimate of drug-likeness (QED) is 0.666. The number of ether oxygens (including phenoxy) is 2. The molecule has 138 valence electrons. The summed E-state index contributed by atoms with van der Waals surface area (Å²) in [5.41, 5.74) is 0.518. The molecule has 2 rings (SSSR count). The van der Waals surface area contributed by atoms with Gasteiger partial charge in [-0.2, -0.15) is 0 Å². The number of carbonyl (C=O) groups is 3. The molecule has 0 spiro atoms. The first-order chi connectivity index (χ1) is 12.5. The summed E-state index contributed by atoms with van der Waals surface area (Å²) >= 11 is 8.67. The molecule has 2 aromatic rings. The Labute approximate surface area is 163 Å². The minimum atomic E-state index is -0.567. The van der Waals surface area contributed by atoms with E-state index in [-0.39, 0.29) is 11.3 Å². The fourth-order valence-electron chi connectivity index (χ4n) is 1.92. The normalized spacial score (nSPS) is 10.2. The Kier molecular flexibility index (Phi) is 7.96. The Morgan fingerprint density at radius 3 is 2.65 bits per heavy atom. The van der Waals surface area contributed by atoms with Crippen molar-refractivity contribution in [3.63, 3.8) is 0 Å². The zero-order valence-corrected chi connectivity index (χ0v) is 16.2. The molecule has 0 aliphatic carbocycles. The standard InChI is InChI=1S/C17H16ClNO5S2/c1-23-17(22)12-4-2-3-5-13(12)19-15(20)8-24-16(21)10-25-9-11-6-7-14(18)26-11/h2-7H,8-10H2,1H3,(H,19,20). The average Bonchev–Trinajstić information content (AvgIpc) is 3.05. The number of hydrogen-bond donors (Lipinski definition) is 1. The van der Waals surface area contributed by atoms with Gasteiger partial charge in [-0.15, -0.1) is 23.1 Å². The molecule has 0 radical (unpaired) electrons. The van der Waals surface area contributed by atoms with E-state index >= 15 is 0 Å². The number of amides is 1. The van der Waals surface area contributed by atoms with Crippen molar-refractivity contribution in [1.82, 2.24) is 0 Å². The Morgan fingerprint density at radius 2 is 1.96 bits per heavy atom. The van der Waals surface area contributed by atoms with E-state index < -0.39 is 24.5 Å². The summed E-state index contributed by atoms with van der Waals surface area (Å²) in [6.45, 7) is -0.431. The van der Waals surface area contributed by atoms with E-state index in [0.29, 0.717) is 15.8 Å². The van der Waals surface area contributed by atoms with E-state index in [2.05, 4.69) is 10.1 Å². The summed E-state index contributed by atoms with van der Waals surface area (Å²) in [4.78, 5) is 36.3. The molecule has 9 heteroatoms. The molecule has 0 unspecified atom stereocenters. The molecule has 1 aromatic heterocycles. The number of thioether (sulfide) groups is 1. The van der Waals surface area contributed by atoms with Crippen LogP contribution in [0.2, 0.25) is 4.34 Å². The Morgan fingerprint density at radius 1 is 1.19 bits per heavy atom. The number of benzene rings is 1. The van der Waals surface area contributed by atoms with Crippen LogP contribution in [-0.4, -0.2) is 37.3 Å². The van der Waals surface area contributed by atoms with Gasteiger partial charge in [0.25, 0.3) is 5.91 Å². The zero-order chi connectivity index (χ0) is 18.9. The van der Waals surface area contributed by atoms with Gasteiger partial charge in [0, 0.05) is 10.6 Å². The van der Waals surface area contributed by atoms with Crippen molar-refractivity contribution in [2.45, 2.75) is 5.75 Å². The molecule has 0 aliphatic heterocycles. The molecule has 0 saturated heterocycles. The molecule has 1 heterocycles. The van der Waals surface area contributed by atoms with E-state index in [9.17, 15) is 14.4 Å². The summed E-state index contributed by atoms with van der Waals surface area (Å²) in [5, 5.41) is 2.53. The van der Waals surface area contributed by atoms with Crippen molar-refractivity contribution < 1.29 is 23.9 Å². The predicted molar refractivity (Wildman–Crippen MR) is 103 cm³/mol. The van der Waals surface area contributed by atoms with E-state index in [1.54, 1.807) is 24.3 Å². The minimum absolute atomic E-state index is 0.127. The number of rotatable bonds is 8. The van der Waals surface area contributed by atoms with Crippen molar-refractivity contribution in [2.75, 3.05) is 24.8 Å². The van der Waals surface area contributed by atoms with E-state index in [1.165, 1.54) is 36.3 Å². The molecule has 26 heavy (non-hydrogen) atoms. The third kappa shape index (κ3) is 6.36. The fraction of sp³-hybridized carbons (Fsp3) is 0.235. The van der Waals surface area contributed by atoms with Crippen LogP contribution >= 0.6 is 34.7 Å². The number of nitrogens with one attached hydrogen (secondary N) is 1. The maximum absolute atomic E-state index is 11.9. The van der Waals surface area contributed by atoms with Crippen LogP contribution in [-0.2, 0) is 24.8 Å². The Hall–Kier alpha value is -2.03. The highest BCUT2D eigenvalue weighted by Crippen LogP contribution is 2.25. The topological polar surface area (TPSA) is 81.7 Å². The lowest BCUT2D eigenvalue weighted by Gasteiger charge is -2.10. The highest BCUT2D eigenvalue weighted by Gasteiger charge is 2.14. The molecular weight excluding hydrogens is 398 g/mol. The monoisotopic (exact) mass is 413 g/mol.